The van der Waals surface area contributed by atoms with Crippen LogP contribution in [0.3, 0.4) is 0 Å². The first-order valence-corrected chi connectivity index (χ1v) is 5.23. The molecule has 0 bridgehead atoms. The molecule has 0 spiro atoms. The Kier molecular flexibility index (Phi) is 10.2. The minimum Gasteiger partial charge on any atom is -0.394 e. The summed E-state index contributed by atoms with van der Waals surface area (Å²) < 4.78 is 15.8. The Hall–Kier alpha value is -0.200. The van der Waals surface area contributed by atoms with Gasteiger partial charge < -0.3 is 24.4 Å². The molecule has 0 fully saturated rings. The first-order chi connectivity index (χ1) is 7.20. The molecule has 92 valence electrons. The molecule has 1 atom stereocenters. The molecule has 0 aliphatic heterocycles. The molecule has 0 radical (unpaired) electrons. The molecule has 1 unspecified atom stereocenters. The fourth-order valence-corrected chi connectivity index (χ4v) is 0.943. The fourth-order valence-electron chi connectivity index (χ4n) is 0.943. The molecule has 5 nitrogen and oxygen atoms in total. The minimum absolute atomic E-state index is 0.00222. The monoisotopic (exact) mass is 222 g/mol. The molecule has 0 aromatic rings. The largest absolute Gasteiger partial charge is 0.394 e. The van der Waals surface area contributed by atoms with Crippen LogP contribution in [-0.4, -0.2) is 62.1 Å². The third kappa shape index (κ3) is 10.1. The Morgan fingerprint density at radius 2 is 1.60 bits per heavy atom. The van der Waals surface area contributed by atoms with Crippen LogP contribution in [0.2, 0.25) is 0 Å². The van der Waals surface area contributed by atoms with Crippen molar-refractivity contribution in [3.05, 3.63) is 0 Å². The summed E-state index contributed by atoms with van der Waals surface area (Å²) in [5.41, 5.74) is 0. The zero-order valence-corrected chi connectivity index (χ0v) is 9.52. The summed E-state index contributed by atoms with van der Waals surface area (Å²) in [6, 6.07) is 0. The lowest BCUT2D eigenvalue weighted by atomic mass is 10.4. The summed E-state index contributed by atoms with van der Waals surface area (Å²) >= 11 is 0. The number of aliphatic hydroxyl groups is 2. The third-order valence-electron chi connectivity index (χ3n) is 1.60. The van der Waals surface area contributed by atoms with Crippen LogP contribution < -0.4 is 0 Å². The quantitative estimate of drug-likeness (QED) is 0.501. The smallest absolute Gasteiger partial charge is 0.104 e. The van der Waals surface area contributed by atoms with Gasteiger partial charge in [0, 0.05) is 0 Å². The van der Waals surface area contributed by atoms with Crippen LogP contribution in [0.5, 0.6) is 0 Å². The molecule has 0 saturated carbocycles. The van der Waals surface area contributed by atoms with Crippen molar-refractivity contribution >= 4 is 0 Å². The Morgan fingerprint density at radius 3 is 2.13 bits per heavy atom. The Morgan fingerprint density at radius 1 is 0.933 bits per heavy atom. The van der Waals surface area contributed by atoms with Gasteiger partial charge in [-0.25, -0.2) is 0 Å². The highest BCUT2D eigenvalue weighted by Crippen LogP contribution is 1.98. The lowest BCUT2D eigenvalue weighted by molar-refractivity contribution is -0.0802. The number of aliphatic hydroxyl groups excluding tert-OH is 2. The molecule has 2 N–H and O–H groups in total. The van der Waals surface area contributed by atoms with Crippen LogP contribution in [0.1, 0.15) is 13.8 Å². The molecule has 0 heterocycles. The number of ether oxygens (including phenoxy) is 3. The van der Waals surface area contributed by atoms with E-state index < -0.39 is 0 Å². The second-order valence-corrected chi connectivity index (χ2v) is 3.40. The predicted molar refractivity (Wildman–Crippen MR) is 55.8 cm³/mol. The average molecular weight is 222 g/mol. The van der Waals surface area contributed by atoms with Gasteiger partial charge in [-0.3, -0.25) is 0 Å². The lowest BCUT2D eigenvalue weighted by Gasteiger charge is -2.18. The summed E-state index contributed by atoms with van der Waals surface area (Å²) in [6.45, 7) is 5.23. The maximum absolute atomic E-state index is 8.62. The van der Waals surface area contributed by atoms with Gasteiger partial charge in [-0.2, -0.15) is 0 Å². The summed E-state index contributed by atoms with van der Waals surface area (Å²) in [5, 5.41) is 17.2. The van der Waals surface area contributed by atoms with Crippen LogP contribution in [0, 0.1) is 0 Å². The normalized spacial score (nSPS) is 13.4. The van der Waals surface area contributed by atoms with Gasteiger partial charge in [-0.1, -0.05) is 0 Å². The van der Waals surface area contributed by atoms with Gasteiger partial charge in [0.15, 0.2) is 0 Å². The highest BCUT2D eigenvalue weighted by atomic mass is 16.6. The van der Waals surface area contributed by atoms with Crippen LogP contribution in [0.4, 0.5) is 0 Å². The van der Waals surface area contributed by atoms with Crippen molar-refractivity contribution in [1.29, 1.82) is 0 Å². The molecule has 0 amide bonds. The predicted octanol–water partition coefficient (Wildman–Crippen LogP) is -0.202. The first kappa shape index (κ1) is 14.8. The molecule has 0 aromatic carbocycles. The highest BCUT2D eigenvalue weighted by molar-refractivity contribution is 4.56. The van der Waals surface area contributed by atoms with Crippen molar-refractivity contribution in [2.24, 2.45) is 0 Å². The second-order valence-electron chi connectivity index (χ2n) is 3.40. The van der Waals surface area contributed by atoms with Crippen molar-refractivity contribution in [1.82, 2.24) is 0 Å². The Labute approximate surface area is 91.0 Å². The van der Waals surface area contributed by atoms with Crippen LogP contribution in [0.15, 0.2) is 0 Å². The van der Waals surface area contributed by atoms with Crippen molar-refractivity contribution < 1.29 is 24.4 Å². The number of rotatable bonds is 10. The molecule has 5 heteroatoms. The van der Waals surface area contributed by atoms with Crippen molar-refractivity contribution in [2.45, 2.75) is 26.1 Å². The molecule has 15 heavy (non-hydrogen) atoms. The van der Waals surface area contributed by atoms with E-state index in [-0.39, 0.29) is 32.0 Å². The van der Waals surface area contributed by atoms with Crippen LogP contribution in [0.25, 0.3) is 0 Å². The van der Waals surface area contributed by atoms with Crippen LogP contribution in [-0.2, 0) is 14.2 Å². The van der Waals surface area contributed by atoms with Gasteiger partial charge >= 0.3 is 0 Å². The fraction of sp³-hybridized carbons (Fsp3) is 1.00. The van der Waals surface area contributed by atoms with Gasteiger partial charge in [0.05, 0.1) is 45.7 Å². The van der Waals surface area contributed by atoms with E-state index in [9.17, 15) is 0 Å². The highest BCUT2D eigenvalue weighted by Gasteiger charge is 2.10. The van der Waals surface area contributed by atoms with E-state index in [4.69, 9.17) is 24.4 Å². The summed E-state index contributed by atoms with van der Waals surface area (Å²) in [6.07, 6.45) is -0.0471. The van der Waals surface area contributed by atoms with E-state index in [2.05, 4.69) is 0 Å². The summed E-state index contributed by atoms with van der Waals surface area (Å²) in [7, 11) is 0. The molecule has 0 rings (SSSR count). The Balaban J connectivity index is 3.63. The van der Waals surface area contributed by atoms with Gasteiger partial charge in [0.1, 0.15) is 6.10 Å². The summed E-state index contributed by atoms with van der Waals surface area (Å²) in [5.74, 6) is 0. The first-order valence-electron chi connectivity index (χ1n) is 5.23. The van der Waals surface area contributed by atoms with Gasteiger partial charge in [-0.05, 0) is 13.8 Å². The minimum atomic E-state index is -0.189. The third-order valence-corrected chi connectivity index (χ3v) is 1.60. The van der Waals surface area contributed by atoms with Gasteiger partial charge in [-0.15, -0.1) is 0 Å². The lowest BCUT2D eigenvalue weighted by Crippen LogP contribution is -2.28. The summed E-state index contributed by atoms with van der Waals surface area (Å²) in [4.78, 5) is 0. The molecule has 0 aliphatic rings. The van der Waals surface area contributed by atoms with Crippen LogP contribution >= 0.6 is 0 Å². The SMILES string of the molecule is CC(C)OCC(COCCO)OCCO. The number of hydrogen-bond donors (Lipinski definition) is 2. The zero-order valence-electron chi connectivity index (χ0n) is 9.52. The number of hydrogen-bond acceptors (Lipinski definition) is 5. The maximum Gasteiger partial charge on any atom is 0.104 e. The molecule has 0 aliphatic carbocycles. The molecule has 0 saturated heterocycles. The van der Waals surface area contributed by atoms with E-state index in [1.165, 1.54) is 0 Å². The van der Waals surface area contributed by atoms with Gasteiger partial charge in [0.25, 0.3) is 0 Å². The topological polar surface area (TPSA) is 68.2 Å². The van der Waals surface area contributed by atoms with E-state index in [1.54, 1.807) is 0 Å². The molecular weight excluding hydrogens is 200 g/mol. The second kappa shape index (κ2) is 10.3. The average Bonchev–Trinajstić information content (AvgIpc) is 2.21. The Bertz CT molecular complexity index is 129. The van der Waals surface area contributed by atoms with E-state index in [1.807, 2.05) is 13.8 Å². The van der Waals surface area contributed by atoms with Gasteiger partial charge in [0.2, 0.25) is 0 Å². The van der Waals surface area contributed by atoms with E-state index in [0.29, 0.717) is 19.8 Å². The zero-order chi connectivity index (χ0) is 11.5. The van der Waals surface area contributed by atoms with E-state index >= 15 is 0 Å². The van der Waals surface area contributed by atoms with Crippen molar-refractivity contribution in [2.75, 3.05) is 39.6 Å². The van der Waals surface area contributed by atoms with Crippen molar-refractivity contribution in [3.63, 3.8) is 0 Å². The molecular formula is C10H22O5. The standard InChI is InChI=1S/C10H22O5/c1-9(2)15-8-10(14-6-4-12)7-13-5-3-11/h9-12H,3-8H2,1-2H3. The van der Waals surface area contributed by atoms with Crippen molar-refractivity contribution in [3.8, 4) is 0 Å². The maximum atomic E-state index is 8.62. The molecule has 0 aromatic heterocycles. The van der Waals surface area contributed by atoms with E-state index in [0.717, 1.165) is 0 Å².